The number of likely N-dealkylation sites (tertiary alicyclic amines) is 1. The minimum Gasteiger partial charge on any atom is -0.325 e. The monoisotopic (exact) mass is 247 g/mol. The lowest BCUT2D eigenvalue weighted by molar-refractivity contribution is 0.235. The number of hydrogen-bond donors (Lipinski definition) is 1. The van der Waals surface area contributed by atoms with E-state index in [4.69, 9.17) is 5.73 Å². The number of pyridine rings is 1. The summed E-state index contributed by atoms with van der Waals surface area (Å²) in [6.45, 7) is 8.61. The van der Waals surface area contributed by atoms with Crippen molar-refractivity contribution in [2.45, 2.75) is 46.2 Å². The van der Waals surface area contributed by atoms with Gasteiger partial charge in [-0.3, -0.25) is 9.88 Å². The van der Waals surface area contributed by atoms with Gasteiger partial charge in [0.1, 0.15) is 0 Å². The van der Waals surface area contributed by atoms with Gasteiger partial charge >= 0.3 is 0 Å². The number of hydrogen-bond acceptors (Lipinski definition) is 3. The predicted octanol–water partition coefficient (Wildman–Crippen LogP) is 2.55. The molecule has 0 aromatic carbocycles. The van der Waals surface area contributed by atoms with Crippen LogP contribution in [0.3, 0.4) is 0 Å². The molecule has 0 spiro atoms. The smallest absolute Gasteiger partial charge is 0.0584 e. The quantitative estimate of drug-likeness (QED) is 0.869. The van der Waals surface area contributed by atoms with Gasteiger partial charge < -0.3 is 5.73 Å². The van der Waals surface area contributed by atoms with Crippen LogP contribution in [0.15, 0.2) is 18.3 Å². The van der Waals surface area contributed by atoms with Gasteiger partial charge in [-0.2, -0.15) is 0 Å². The maximum absolute atomic E-state index is 5.75. The summed E-state index contributed by atoms with van der Waals surface area (Å²) in [5, 5.41) is 0. The molecule has 0 saturated carbocycles. The Balaban J connectivity index is 2.03. The van der Waals surface area contributed by atoms with Gasteiger partial charge in [0.25, 0.3) is 0 Å². The average Bonchev–Trinajstić information content (AvgIpc) is 2.83. The molecular formula is C15H25N3. The third-order valence-electron chi connectivity index (χ3n) is 4.59. The van der Waals surface area contributed by atoms with Crippen LogP contribution in [-0.4, -0.2) is 23.0 Å². The normalized spacial score (nSPS) is 19.3. The molecule has 1 aliphatic heterocycles. The zero-order valence-electron chi connectivity index (χ0n) is 11.7. The molecule has 0 bridgehead atoms. The predicted molar refractivity (Wildman–Crippen MR) is 75.0 cm³/mol. The Bertz CT molecular complexity index is 385. The van der Waals surface area contributed by atoms with Crippen LogP contribution < -0.4 is 5.73 Å². The van der Waals surface area contributed by atoms with E-state index in [0.717, 1.165) is 12.2 Å². The number of nitrogens with zero attached hydrogens (tertiary/aromatic N) is 2. The van der Waals surface area contributed by atoms with Gasteiger partial charge in [0.05, 0.1) is 5.69 Å². The van der Waals surface area contributed by atoms with Crippen molar-refractivity contribution in [1.29, 1.82) is 0 Å². The molecule has 1 aliphatic rings. The first kappa shape index (κ1) is 13.5. The van der Waals surface area contributed by atoms with Crippen molar-refractivity contribution < 1.29 is 0 Å². The van der Waals surface area contributed by atoms with E-state index in [1.165, 1.54) is 37.9 Å². The van der Waals surface area contributed by atoms with E-state index in [9.17, 15) is 0 Å². The highest BCUT2D eigenvalue weighted by Crippen LogP contribution is 2.37. The Labute approximate surface area is 110 Å². The van der Waals surface area contributed by atoms with Gasteiger partial charge in [-0.05, 0) is 42.9 Å². The second kappa shape index (κ2) is 5.81. The van der Waals surface area contributed by atoms with Gasteiger partial charge in [-0.1, -0.05) is 19.9 Å². The molecule has 2 N–H and O–H groups in total. The summed E-state index contributed by atoms with van der Waals surface area (Å²) in [5.41, 5.74) is 8.64. The van der Waals surface area contributed by atoms with E-state index >= 15 is 0 Å². The third kappa shape index (κ3) is 2.73. The van der Waals surface area contributed by atoms with E-state index in [2.05, 4.69) is 29.8 Å². The molecule has 0 radical (unpaired) electrons. The molecule has 2 heterocycles. The van der Waals surface area contributed by atoms with Crippen LogP contribution in [0.25, 0.3) is 0 Å². The highest BCUT2D eigenvalue weighted by molar-refractivity contribution is 5.19. The molecule has 100 valence electrons. The molecule has 0 aliphatic carbocycles. The largest absolute Gasteiger partial charge is 0.325 e. The first-order valence-corrected chi connectivity index (χ1v) is 7.08. The van der Waals surface area contributed by atoms with Gasteiger partial charge in [0.15, 0.2) is 0 Å². The molecule has 3 nitrogen and oxygen atoms in total. The van der Waals surface area contributed by atoms with Gasteiger partial charge in [0, 0.05) is 25.8 Å². The Morgan fingerprint density at radius 2 is 2.17 bits per heavy atom. The van der Waals surface area contributed by atoms with Crippen molar-refractivity contribution in [3.63, 3.8) is 0 Å². The van der Waals surface area contributed by atoms with E-state index in [1.54, 1.807) is 0 Å². The van der Waals surface area contributed by atoms with Crippen LogP contribution in [0.2, 0.25) is 0 Å². The summed E-state index contributed by atoms with van der Waals surface area (Å²) in [7, 11) is 0. The van der Waals surface area contributed by atoms with Crippen LogP contribution in [0.5, 0.6) is 0 Å². The molecular weight excluding hydrogens is 222 g/mol. The Morgan fingerprint density at radius 3 is 2.78 bits per heavy atom. The SMILES string of the molecule is CCC1(CC)CCN(Cc2cccnc2CN)C1. The fourth-order valence-electron chi connectivity index (χ4n) is 3.03. The molecule has 1 aromatic rings. The molecule has 0 unspecified atom stereocenters. The lowest BCUT2D eigenvalue weighted by Gasteiger charge is -2.26. The van der Waals surface area contributed by atoms with Crippen molar-refractivity contribution >= 4 is 0 Å². The molecule has 1 fully saturated rings. The Kier molecular flexibility index (Phi) is 4.36. The van der Waals surface area contributed by atoms with E-state index in [1.807, 2.05) is 12.3 Å². The summed E-state index contributed by atoms with van der Waals surface area (Å²) < 4.78 is 0. The Morgan fingerprint density at radius 1 is 1.39 bits per heavy atom. The van der Waals surface area contributed by atoms with Gasteiger partial charge in [0.2, 0.25) is 0 Å². The Hall–Kier alpha value is -0.930. The zero-order chi connectivity index (χ0) is 13.0. The zero-order valence-corrected chi connectivity index (χ0v) is 11.7. The van der Waals surface area contributed by atoms with Crippen LogP contribution in [0.1, 0.15) is 44.4 Å². The summed E-state index contributed by atoms with van der Waals surface area (Å²) in [4.78, 5) is 6.92. The minimum atomic E-state index is 0.538. The van der Waals surface area contributed by atoms with Crippen molar-refractivity contribution in [3.05, 3.63) is 29.6 Å². The first-order chi connectivity index (χ1) is 8.73. The third-order valence-corrected chi connectivity index (χ3v) is 4.59. The number of aromatic nitrogens is 1. The highest BCUT2D eigenvalue weighted by Gasteiger charge is 2.34. The van der Waals surface area contributed by atoms with Crippen molar-refractivity contribution in [3.8, 4) is 0 Å². The van der Waals surface area contributed by atoms with Crippen molar-refractivity contribution in [2.24, 2.45) is 11.1 Å². The van der Waals surface area contributed by atoms with E-state index in [-0.39, 0.29) is 0 Å². The molecule has 1 aromatic heterocycles. The molecule has 2 rings (SSSR count). The lowest BCUT2D eigenvalue weighted by Crippen LogP contribution is -2.26. The van der Waals surface area contributed by atoms with Crippen LogP contribution in [0.4, 0.5) is 0 Å². The molecule has 18 heavy (non-hydrogen) atoms. The summed E-state index contributed by atoms with van der Waals surface area (Å²) in [5.74, 6) is 0. The highest BCUT2D eigenvalue weighted by atomic mass is 15.2. The maximum atomic E-state index is 5.75. The second-order valence-corrected chi connectivity index (χ2v) is 5.48. The van der Waals surface area contributed by atoms with Crippen molar-refractivity contribution in [2.75, 3.05) is 13.1 Å². The standard InChI is InChI=1S/C15H25N3/c1-3-15(4-2)7-9-18(12-15)11-13-6-5-8-17-14(13)10-16/h5-6,8H,3-4,7,9-12,16H2,1-2H3. The van der Waals surface area contributed by atoms with Crippen LogP contribution in [0, 0.1) is 5.41 Å². The first-order valence-electron chi connectivity index (χ1n) is 7.08. The van der Waals surface area contributed by atoms with E-state index < -0.39 is 0 Å². The minimum absolute atomic E-state index is 0.538. The second-order valence-electron chi connectivity index (χ2n) is 5.48. The summed E-state index contributed by atoms with van der Waals surface area (Å²) >= 11 is 0. The molecule has 0 atom stereocenters. The van der Waals surface area contributed by atoms with Gasteiger partial charge in [-0.15, -0.1) is 0 Å². The topological polar surface area (TPSA) is 42.2 Å². The maximum Gasteiger partial charge on any atom is 0.0584 e. The fraction of sp³-hybridized carbons (Fsp3) is 0.667. The van der Waals surface area contributed by atoms with Crippen LogP contribution in [-0.2, 0) is 13.1 Å². The van der Waals surface area contributed by atoms with Crippen LogP contribution >= 0.6 is 0 Å². The lowest BCUT2D eigenvalue weighted by atomic mass is 9.82. The average molecular weight is 247 g/mol. The van der Waals surface area contributed by atoms with Gasteiger partial charge in [-0.25, -0.2) is 0 Å². The molecule has 3 heteroatoms. The summed E-state index contributed by atoms with van der Waals surface area (Å²) in [6.07, 6.45) is 5.74. The number of rotatable bonds is 5. The molecule has 0 amide bonds. The number of nitrogens with two attached hydrogens (primary N) is 1. The molecule has 1 saturated heterocycles. The van der Waals surface area contributed by atoms with Crippen molar-refractivity contribution in [1.82, 2.24) is 9.88 Å². The summed E-state index contributed by atoms with van der Waals surface area (Å²) in [6, 6.07) is 4.17. The van der Waals surface area contributed by atoms with E-state index in [0.29, 0.717) is 12.0 Å². The fourth-order valence-corrected chi connectivity index (χ4v) is 3.03.